The minimum atomic E-state index is -4.66. The van der Waals surface area contributed by atoms with E-state index in [9.17, 15) is 34.4 Å². The molecule has 0 saturated heterocycles. The fraction of sp³-hybridized carbons (Fsp3) is 0.810. The Labute approximate surface area is 332 Å². The molecule has 0 spiro atoms. The van der Waals surface area contributed by atoms with Gasteiger partial charge < -0.3 is 34.8 Å². The summed E-state index contributed by atoms with van der Waals surface area (Å²) in [5, 5.41) is 38.6. The van der Waals surface area contributed by atoms with E-state index in [0.717, 1.165) is 32.1 Å². The fourth-order valence-corrected chi connectivity index (χ4v) is 6.31. The Kier molecular flexibility index (Phi) is 36.4. The molecule has 0 aromatic heterocycles. The van der Waals surface area contributed by atoms with Crippen LogP contribution in [-0.4, -0.2) is 88.1 Å². The summed E-state index contributed by atoms with van der Waals surface area (Å²) in [5.74, 6) is -1.06. The van der Waals surface area contributed by atoms with Gasteiger partial charge in [0.15, 0.2) is 6.10 Å². The average Bonchev–Trinajstić information content (AvgIpc) is 3.17. The molecule has 0 rings (SSSR count). The molecule has 0 amide bonds. The summed E-state index contributed by atoms with van der Waals surface area (Å²) in [4.78, 5) is 34.9. The molecule has 0 fully saturated rings. The summed E-state index contributed by atoms with van der Waals surface area (Å²) in [5.41, 5.74) is 0. The minimum Gasteiger partial charge on any atom is -0.462 e. The summed E-state index contributed by atoms with van der Waals surface area (Å²) in [6.07, 6.45) is 30.0. The lowest BCUT2D eigenvalue weighted by molar-refractivity contribution is -0.161. The highest BCUT2D eigenvalue weighted by Gasteiger charge is 2.27. The number of carbonyl (C=O) groups excluding carboxylic acids is 2. The van der Waals surface area contributed by atoms with E-state index in [1.165, 1.54) is 70.6 Å². The van der Waals surface area contributed by atoms with E-state index >= 15 is 0 Å². The lowest BCUT2D eigenvalue weighted by atomic mass is 10.0. The number of hydrogen-bond donors (Lipinski definition) is 5. The maximum Gasteiger partial charge on any atom is 0.472 e. The number of aliphatic hydroxyl groups excluding tert-OH is 4. The summed E-state index contributed by atoms with van der Waals surface area (Å²) in [6, 6.07) is 0. The van der Waals surface area contributed by atoms with Crippen molar-refractivity contribution in [3.8, 4) is 0 Å². The molecule has 0 heterocycles. The van der Waals surface area contributed by atoms with Gasteiger partial charge in [0.1, 0.15) is 12.7 Å². The molecule has 5 atom stereocenters. The Morgan fingerprint density at radius 2 is 1.05 bits per heavy atom. The van der Waals surface area contributed by atoms with Gasteiger partial charge in [-0.3, -0.25) is 18.6 Å². The molecule has 5 unspecified atom stereocenters. The van der Waals surface area contributed by atoms with E-state index in [1.807, 2.05) is 30.4 Å². The van der Waals surface area contributed by atoms with Crippen LogP contribution in [0.2, 0.25) is 0 Å². The Bertz CT molecular complexity index is 1050. The summed E-state index contributed by atoms with van der Waals surface area (Å²) in [6.45, 7) is 2.12. The third kappa shape index (κ3) is 36.2. The molecule has 0 aliphatic rings. The zero-order valence-electron chi connectivity index (χ0n) is 34.1. The number of carbonyl (C=O) groups is 2. The van der Waals surface area contributed by atoms with Gasteiger partial charge in [-0.25, -0.2) is 4.57 Å². The molecule has 0 bridgehead atoms. The summed E-state index contributed by atoms with van der Waals surface area (Å²) < 4.78 is 32.5. The van der Waals surface area contributed by atoms with Gasteiger partial charge >= 0.3 is 19.8 Å². The van der Waals surface area contributed by atoms with Crippen LogP contribution in [-0.2, 0) is 32.7 Å². The van der Waals surface area contributed by atoms with Gasteiger partial charge in [0, 0.05) is 12.8 Å². The highest BCUT2D eigenvalue weighted by atomic mass is 31.2. The molecule has 0 radical (unpaired) electrons. The smallest absolute Gasteiger partial charge is 0.462 e. The van der Waals surface area contributed by atoms with E-state index in [1.54, 1.807) is 0 Å². The van der Waals surface area contributed by atoms with Crippen molar-refractivity contribution < 1.29 is 58.0 Å². The highest BCUT2D eigenvalue weighted by molar-refractivity contribution is 7.47. The lowest BCUT2D eigenvalue weighted by Crippen LogP contribution is -2.29. The molecule has 0 saturated carbocycles. The Hall–Kier alpha value is -1.89. The fourth-order valence-electron chi connectivity index (χ4n) is 5.52. The second-order valence-corrected chi connectivity index (χ2v) is 15.8. The van der Waals surface area contributed by atoms with Gasteiger partial charge in [0.05, 0.1) is 32.0 Å². The maximum atomic E-state index is 12.6. The monoisotopic (exact) mass is 805 g/mol. The molecule has 0 aliphatic carbocycles. The van der Waals surface area contributed by atoms with Crippen LogP contribution in [0.1, 0.15) is 168 Å². The number of phosphoric acid groups is 1. The molecule has 322 valence electrons. The van der Waals surface area contributed by atoms with E-state index < -0.39 is 64.0 Å². The number of phosphoric ester groups is 1. The topological polar surface area (TPSA) is 189 Å². The standard InChI is InChI=1S/C42H77O12P/c1-3-5-7-9-11-12-13-14-15-16-19-23-27-31-41(47)51-35-38(36-53-55(49,50)52-34-37(44)33-43)54-42(48)32-28-24-20-17-18-22-26-30-40(46)39(45)29-25-21-10-8-6-4-2/h17,20-22,25-26,37-40,43-46H,3-16,18-19,23-24,27-36H2,1-2H3,(H,49,50)/b20-17-,25-21+,26-22-. The van der Waals surface area contributed by atoms with Gasteiger partial charge in [-0.15, -0.1) is 0 Å². The van der Waals surface area contributed by atoms with Gasteiger partial charge in [-0.05, 0) is 51.4 Å². The predicted octanol–water partition coefficient (Wildman–Crippen LogP) is 8.72. The first kappa shape index (κ1) is 53.1. The third-order valence-corrected chi connectivity index (χ3v) is 9.93. The van der Waals surface area contributed by atoms with Crippen molar-refractivity contribution in [2.75, 3.05) is 26.4 Å². The van der Waals surface area contributed by atoms with Crippen LogP contribution < -0.4 is 0 Å². The summed E-state index contributed by atoms with van der Waals surface area (Å²) >= 11 is 0. The number of allylic oxidation sites excluding steroid dienone is 4. The average molecular weight is 805 g/mol. The van der Waals surface area contributed by atoms with E-state index in [4.69, 9.17) is 19.1 Å². The van der Waals surface area contributed by atoms with Crippen LogP contribution >= 0.6 is 7.82 Å². The molecule has 0 aromatic rings. The van der Waals surface area contributed by atoms with Crippen molar-refractivity contribution in [3.63, 3.8) is 0 Å². The highest BCUT2D eigenvalue weighted by Crippen LogP contribution is 2.43. The molecule has 0 aromatic carbocycles. The SMILES string of the molecule is CCCCC/C=C/CC(O)C(O)C/C=C\C/C=C\CCCC(=O)OC(COC(=O)CCCCCCCCCCCCCCC)COP(=O)(O)OCC(O)CO. The number of hydrogen-bond acceptors (Lipinski definition) is 11. The van der Waals surface area contributed by atoms with Crippen LogP contribution in [0, 0.1) is 0 Å². The van der Waals surface area contributed by atoms with Crippen LogP contribution in [0.25, 0.3) is 0 Å². The summed E-state index contributed by atoms with van der Waals surface area (Å²) in [7, 11) is -4.66. The second kappa shape index (κ2) is 37.7. The lowest BCUT2D eigenvalue weighted by Gasteiger charge is -2.20. The Morgan fingerprint density at radius 1 is 0.582 bits per heavy atom. The van der Waals surface area contributed by atoms with Crippen molar-refractivity contribution in [2.45, 2.75) is 192 Å². The second-order valence-electron chi connectivity index (χ2n) is 14.3. The predicted molar refractivity (Wildman–Crippen MR) is 217 cm³/mol. The first-order valence-electron chi connectivity index (χ1n) is 21.1. The quantitative estimate of drug-likeness (QED) is 0.0172. The Morgan fingerprint density at radius 3 is 1.65 bits per heavy atom. The van der Waals surface area contributed by atoms with Crippen molar-refractivity contribution in [2.24, 2.45) is 0 Å². The van der Waals surface area contributed by atoms with Gasteiger partial charge in [-0.1, -0.05) is 140 Å². The number of rotatable bonds is 39. The van der Waals surface area contributed by atoms with E-state index in [2.05, 4.69) is 24.4 Å². The third-order valence-electron chi connectivity index (χ3n) is 8.97. The first-order valence-corrected chi connectivity index (χ1v) is 22.6. The van der Waals surface area contributed by atoms with Crippen molar-refractivity contribution in [1.29, 1.82) is 0 Å². The number of esters is 2. The van der Waals surface area contributed by atoms with E-state index in [0.29, 0.717) is 38.5 Å². The molecule has 55 heavy (non-hydrogen) atoms. The minimum absolute atomic E-state index is 0.0523. The molecule has 5 N–H and O–H groups in total. The number of aliphatic hydroxyl groups is 4. The van der Waals surface area contributed by atoms with Crippen LogP contribution in [0.4, 0.5) is 0 Å². The van der Waals surface area contributed by atoms with Gasteiger partial charge in [0.2, 0.25) is 0 Å². The largest absolute Gasteiger partial charge is 0.472 e. The normalized spacial score (nSPS) is 15.4. The number of ether oxygens (including phenoxy) is 2. The van der Waals surface area contributed by atoms with Crippen molar-refractivity contribution in [1.82, 2.24) is 0 Å². The van der Waals surface area contributed by atoms with Gasteiger partial charge in [0.25, 0.3) is 0 Å². The Balaban J connectivity index is 4.51. The van der Waals surface area contributed by atoms with Crippen LogP contribution in [0.5, 0.6) is 0 Å². The van der Waals surface area contributed by atoms with Gasteiger partial charge in [-0.2, -0.15) is 0 Å². The maximum absolute atomic E-state index is 12.6. The zero-order valence-corrected chi connectivity index (χ0v) is 35.0. The molecule has 0 aliphatic heterocycles. The molecule has 12 nitrogen and oxygen atoms in total. The molecule has 13 heteroatoms. The van der Waals surface area contributed by atoms with E-state index in [-0.39, 0.29) is 19.4 Å². The zero-order chi connectivity index (χ0) is 40.8. The molecular formula is C42H77O12P. The first-order chi connectivity index (χ1) is 26.5. The van der Waals surface area contributed by atoms with Crippen molar-refractivity contribution in [3.05, 3.63) is 36.5 Å². The van der Waals surface area contributed by atoms with Crippen molar-refractivity contribution >= 4 is 19.8 Å². The molecular weight excluding hydrogens is 727 g/mol. The van der Waals surface area contributed by atoms with Crippen LogP contribution in [0.3, 0.4) is 0 Å². The van der Waals surface area contributed by atoms with Crippen LogP contribution in [0.15, 0.2) is 36.5 Å². The number of unbranched alkanes of at least 4 members (excludes halogenated alkanes) is 16.